The molecule has 0 N–H and O–H groups in total. The Bertz CT molecular complexity index is 394. The summed E-state index contributed by atoms with van der Waals surface area (Å²) in [6.07, 6.45) is 1.52. The molecule has 0 saturated heterocycles. The molecule has 0 radical (unpaired) electrons. The summed E-state index contributed by atoms with van der Waals surface area (Å²) in [6, 6.07) is 7.46. The number of carbonyl (C=O) groups is 1. The molecule has 1 aromatic rings. The number of carbonyl (C=O) groups excluding carboxylic acids is 1. The average molecular weight is 299 g/mol. The molecule has 72 valence electrons. The van der Waals surface area contributed by atoms with Crippen LogP contribution < -0.4 is 0 Å². The Labute approximate surface area is 97.1 Å². The molecule has 0 saturated carbocycles. The SMILES string of the molecule is C=C=CN(C)C(=O)c1ccccc1I. The highest BCUT2D eigenvalue weighted by molar-refractivity contribution is 14.1. The molecule has 1 amide bonds. The van der Waals surface area contributed by atoms with E-state index in [9.17, 15) is 4.79 Å². The molecular weight excluding hydrogens is 289 g/mol. The van der Waals surface area contributed by atoms with Gasteiger partial charge in [-0.1, -0.05) is 18.7 Å². The van der Waals surface area contributed by atoms with Gasteiger partial charge in [-0.2, -0.15) is 0 Å². The van der Waals surface area contributed by atoms with Crippen molar-refractivity contribution >= 4 is 28.5 Å². The number of hydrogen-bond acceptors (Lipinski definition) is 1. The largest absolute Gasteiger partial charge is 0.311 e. The van der Waals surface area contributed by atoms with Crippen LogP contribution in [0.3, 0.4) is 0 Å². The van der Waals surface area contributed by atoms with Crippen molar-refractivity contribution in [3.63, 3.8) is 0 Å². The number of amides is 1. The fraction of sp³-hybridized carbons (Fsp3) is 0.0909. The van der Waals surface area contributed by atoms with Crippen molar-refractivity contribution in [2.24, 2.45) is 0 Å². The van der Waals surface area contributed by atoms with Crippen LogP contribution in [0.15, 0.2) is 42.8 Å². The molecule has 3 heteroatoms. The van der Waals surface area contributed by atoms with E-state index in [-0.39, 0.29) is 5.91 Å². The number of nitrogens with zero attached hydrogens (tertiary/aromatic N) is 1. The van der Waals surface area contributed by atoms with E-state index in [0.29, 0.717) is 5.56 Å². The van der Waals surface area contributed by atoms with E-state index in [1.54, 1.807) is 13.1 Å². The van der Waals surface area contributed by atoms with Gasteiger partial charge in [0.15, 0.2) is 0 Å². The lowest BCUT2D eigenvalue weighted by Gasteiger charge is -2.11. The normalized spacial score (nSPS) is 9.00. The Hall–Kier alpha value is -1.06. The third-order valence-corrected chi connectivity index (χ3v) is 2.65. The van der Waals surface area contributed by atoms with E-state index in [4.69, 9.17) is 0 Å². The summed E-state index contributed by atoms with van der Waals surface area (Å²) in [5.74, 6) is -0.0499. The zero-order chi connectivity index (χ0) is 10.6. The molecule has 2 nitrogen and oxygen atoms in total. The van der Waals surface area contributed by atoms with Gasteiger partial charge in [-0.3, -0.25) is 4.79 Å². The molecule has 0 spiro atoms. The summed E-state index contributed by atoms with van der Waals surface area (Å²) in [5, 5.41) is 0. The third kappa shape index (κ3) is 2.47. The van der Waals surface area contributed by atoms with E-state index < -0.39 is 0 Å². The van der Waals surface area contributed by atoms with Crippen molar-refractivity contribution < 1.29 is 4.79 Å². The number of benzene rings is 1. The number of rotatable bonds is 2. The van der Waals surface area contributed by atoms with Gasteiger partial charge in [-0.05, 0) is 34.7 Å². The zero-order valence-electron chi connectivity index (χ0n) is 7.83. The van der Waals surface area contributed by atoms with Crippen LogP contribution in [-0.4, -0.2) is 17.9 Å². The lowest BCUT2D eigenvalue weighted by Crippen LogP contribution is -2.21. The van der Waals surface area contributed by atoms with Crippen LogP contribution in [-0.2, 0) is 0 Å². The summed E-state index contributed by atoms with van der Waals surface area (Å²) in [7, 11) is 1.68. The van der Waals surface area contributed by atoms with E-state index in [0.717, 1.165) is 3.57 Å². The first-order valence-corrected chi connectivity index (χ1v) is 5.12. The molecule has 0 aliphatic heterocycles. The average Bonchev–Trinajstić information content (AvgIpc) is 2.18. The van der Waals surface area contributed by atoms with Gasteiger partial charge in [0.1, 0.15) is 0 Å². The second kappa shape index (κ2) is 4.98. The minimum atomic E-state index is -0.0499. The van der Waals surface area contributed by atoms with Gasteiger partial charge in [-0.25, -0.2) is 0 Å². The number of halogens is 1. The molecule has 0 atom stereocenters. The van der Waals surface area contributed by atoms with Gasteiger partial charge in [0.05, 0.1) is 5.56 Å². The topological polar surface area (TPSA) is 20.3 Å². The highest BCUT2D eigenvalue weighted by Crippen LogP contribution is 2.13. The van der Waals surface area contributed by atoms with Crippen LogP contribution in [0.4, 0.5) is 0 Å². The molecule has 0 aliphatic rings. The smallest absolute Gasteiger partial charge is 0.259 e. The standard InChI is InChI=1S/C11H10INO/c1-3-8-13(2)11(14)9-6-4-5-7-10(9)12/h4-8H,1H2,2H3. The first kappa shape index (κ1) is 11.0. The second-order valence-electron chi connectivity index (χ2n) is 2.73. The van der Waals surface area contributed by atoms with Crippen molar-refractivity contribution in [1.82, 2.24) is 4.90 Å². The number of hydrogen-bond donors (Lipinski definition) is 0. The Kier molecular flexibility index (Phi) is 3.92. The van der Waals surface area contributed by atoms with E-state index in [2.05, 4.69) is 34.9 Å². The quantitative estimate of drug-likeness (QED) is 0.607. The summed E-state index contributed by atoms with van der Waals surface area (Å²) >= 11 is 2.14. The predicted octanol–water partition coefficient (Wildman–Crippen LogP) is 2.66. The summed E-state index contributed by atoms with van der Waals surface area (Å²) < 4.78 is 0.944. The van der Waals surface area contributed by atoms with Crippen molar-refractivity contribution in [3.05, 3.63) is 51.9 Å². The first-order valence-electron chi connectivity index (χ1n) is 4.04. The van der Waals surface area contributed by atoms with Crippen LogP contribution in [0, 0.1) is 3.57 Å². The van der Waals surface area contributed by atoms with Gasteiger partial charge in [0.2, 0.25) is 0 Å². The maximum absolute atomic E-state index is 11.8. The molecule has 1 aromatic carbocycles. The first-order chi connectivity index (χ1) is 6.66. The maximum atomic E-state index is 11.8. The molecule has 14 heavy (non-hydrogen) atoms. The second-order valence-corrected chi connectivity index (χ2v) is 3.89. The lowest BCUT2D eigenvalue weighted by atomic mass is 10.2. The van der Waals surface area contributed by atoms with Crippen LogP contribution >= 0.6 is 22.6 Å². The molecule has 0 fully saturated rings. The Morgan fingerprint density at radius 1 is 1.57 bits per heavy atom. The highest BCUT2D eigenvalue weighted by atomic mass is 127. The lowest BCUT2D eigenvalue weighted by molar-refractivity contribution is 0.0849. The molecule has 0 aliphatic carbocycles. The summed E-state index contributed by atoms with van der Waals surface area (Å²) in [6.45, 7) is 3.42. The summed E-state index contributed by atoms with van der Waals surface area (Å²) in [5.41, 5.74) is 3.26. The van der Waals surface area contributed by atoms with Crippen molar-refractivity contribution in [2.75, 3.05) is 7.05 Å². The van der Waals surface area contributed by atoms with Crippen molar-refractivity contribution in [3.8, 4) is 0 Å². The Morgan fingerprint density at radius 3 is 2.79 bits per heavy atom. The molecule has 0 heterocycles. The maximum Gasteiger partial charge on any atom is 0.259 e. The Morgan fingerprint density at radius 2 is 2.21 bits per heavy atom. The minimum absolute atomic E-state index is 0.0499. The third-order valence-electron chi connectivity index (χ3n) is 1.71. The molecule has 0 bridgehead atoms. The highest BCUT2D eigenvalue weighted by Gasteiger charge is 2.11. The van der Waals surface area contributed by atoms with Crippen molar-refractivity contribution in [1.29, 1.82) is 0 Å². The van der Waals surface area contributed by atoms with Gasteiger partial charge < -0.3 is 4.90 Å². The van der Waals surface area contributed by atoms with Crippen LogP contribution in [0.25, 0.3) is 0 Å². The van der Waals surface area contributed by atoms with Gasteiger partial charge in [-0.15, -0.1) is 5.73 Å². The molecule has 0 aromatic heterocycles. The van der Waals surface area contributed by atoms with Gasteiger partial charge in [0, 0.05) is 16.8 Å². The fourth-order valence-electron chi connectivity index (χ4n) is 1.02. The summed E-state index contributed by atoms with van der Waals surface area (Å²) in [4.78, 5) is 13.2. The van der Waals surface area contributed by atoms with Crippen LogP contribution in [0.2, 0.25) is 0 Å². The fourth-order valence-corrected chi connectivity index (χ4v) is 1.64. The van der Waals surface area contributed by atoms with Crippen molar-refractivity contribution in [2.45, 2.75) is 0 Å². The van der Waals surface area contributed by atoms with E-state index in [1.165, 1.54) is 11.1 Å². The van der Waals surface area contributed by atoms with Crippen LogP contribution in [0.1, 0.15) is 10.4 Å². The predicted molar refractivity (Wildman–Crippen MR) is 65.0 cm³/mol. The minimum Gasteiger partial charge on any atom is -0.311 e. The monoisotopic (exact) mass is 299 g/mol. The van der Waals surface area contributed by atoms with Gasteiger partial charge in [0.25, 0.3) is 5.91 Å². The zero-order valence-corrected chi connectivity index (χ0v) is 9.98. The molecular formula is C11H10INO. The van der Waals surface area contributed by atoms with E-state index in [1.807, 2.05) is 18.2 Å². The molecule has 1 rings (SSSR count). The van der Waals surface area contributed by atoms with Gasteiger partial charge >= 0.3 is 0 Å². The Balaban J connectivity index is 3.00. The van der Waals surface area contributed by atoms with Crippen LogP contribution in [0.5, 0.6) is 0 Å². The van der Waals surface area contributed by atoms with E-state index >= 15 is 0 Å². The molecule has 0 unspecified atom stereocenters.